The second kappa shape index (κ2) is 14.5. The molecule has 13 heteroatoms. The number of benzene rings is 3. The van der Waals surface area contributed by atoms with Crippen LogP contribution in [0.5, 0.6) is 0 Å². The maximum Gasteiger partial charge on any atom is 0.356 e. The summed E-state index contributed by atoms with van der Waals surface area (Å²) in [7, 11) is 0. The van der Waals surface area contributed by atoms with Gasteiger partial charge < -0.3 is 10.1 Å². The van der Waals surface area contributed by atoms with E-state index in [4.69, 9.17) is 4.74 Å². The first-order chi connectivity index (χ1) is 22.8. The van der Waals surface area contributed by atoms with Crippen LogP contribution in [-0.2, 0) is 25.5 Å². The lowest BCUT2D eigenvalue weighted by Gasteiger charge is -2.50. The number of thioether (sulfide) groups is 2. The number of thiophene rings is 1. The van der Waals surface area contributed by atoms with Gasteiger partial charge in [0.1, 0.15) is 23.3 Å². The van der Waals surface area contributed by atoms with Gasteiger partial charge in [0.15, 0.2) is 6.10 Å². The number of nitro groups is 1. The molecule has 47 heavy (non-hydrogen) atoms. The van der Waals surface area contributed by atoms with Gasteiger partial charge in [0.2, 0.25) is 5.91 Å². The lowest BCUT2D eigenvalue weighted by atomic mass is 9.99. The van der Waals surface area contributed by atoms with E-state index in [0.717, 1.165) is 16.6 Å². The molecule has 1 saturated heterocycles. The van der Waals surface area contributed by atoms with Crippen LogP contribution in [0, 0.1) is 10.1 Å². The summed E-state index contributed by atoms with van der Waals surface area (Å²) in [5.41, 5.74) is 1.29. The molecule has 0 aliphatic carbocycles. The normalized spacial score (nSPS) is 17.9. The zero-order chi connectivity index (χ0) is 32.9. The summed E-state index contributed by atoms with van der Waals surface area (Å²) in [5.74, 6) is -1.68. The molecule has 6 rings (SSSR count). The Morgan fingerprint density at radius 1 is 1.00 bits per heavy atom. The van der Waals surface area contributed by atoms with Crippen LogP contribution < -0.4 is 5.32 Å². The number of β-lactam (4-membered cyclic amide) rings is 1. The number of halogens is 1. The predicted octanol–water partition coefficient (Wildman–Crippen LogP) is 6.32. The third-order valence-corrected chi connectivity index (χ3v) is 10.9. The minimum Gasteiger partial charge on any atom is -0.448 e. The number of nitrogens with one attached hydrogen (secondary N) is 1. The number of esters is 1. The molecule has 0 saturated carbocycles. The van der Waals surface area contributed by atoms with E-state index >= 15 is 4.39 Å². The van der Waals surface area contributed by atoms with Gasteiger partial charge in [-0.25, -0.2) is 9.18 Å². The van der Waals surface area contributed by atoms with Crippen molar-refractivity contribution in [2.75, 3.05) is 11.5 Å². The van der Waals surface area contributed by atoms with Gasteiger partial charge in [0.25, 0.3) is 11.6 Å². The maximum absolute atomic E-state index is 16.1. The van der Waals surface area contributed by atoms with Crippen molar-refractivity contribution >= 4 is 58.3 Å². The minimum atomic E-state index is -1.64. The lowest BCUT2D eigenvalue weighted by molar-refractivity contribution is -0.384. The Morgan fingerprint density at radius 3 is 2.26 bits per heavy atom. The number of rotatable bonds is 12. The van der Waals surface area contributed by atoms with Crippen molar-refractivity contribution in [2.45, 2.75) is 35.0 Å². The Bertz CT molecular complexity index is 1750. The van der Waals surface area contributed by atoms with Crippen LogP contribution in [0.15, 0.2) is 119 Å². The zero-order valence-corrected chi connectivity index (χ0v) is 27.1. The first kappa shape index (κ1) is 32.5. The van der Waals surface area contributed by atoms with Gasteiger partial charge in [-0.3, -0.25) is 24.6 Å². The Hall–Kier alpha value is -4.46. The predicted molar refractivity (Wildman–Crippen MR) is 180 cm³/mol. The molecule has 1 fully saturated rings. The molecule has 4 aromatic rings. The average molecular weight is 690 g/mol. The first-order valence-electron chi connectivity index (χ1n) is 14.6. The van der Waals surface area contributed by atoms with Crippen molar-refractivity contribution in [3.8, 4) is 0 Å². The molecule has 0 radical (unpaired) electrons. The summed E-state index contributed by atoms with van der Waals surface area (Å²) in [4.78, 5) is 53.7. The van der Waals surface area contributed by atoms with E-state index < -0.39 is 40.5 Å². The van der Waals surface area contributed by atoms with Crippen molar-refractivity contribution in [1.29, 1.82) is 0 Å². The molecule has 2 amide bonds. The highest BCUT2D eigenvalue weighted by Gasteiger charge is 2.55. The molecule has 3 atom stereocenters. The molecule has 240 valence electrons. The highest BCUT2D eigenvalue weighted by molar-refractivity contribution is 8.00. The molecule has 0 bridgehead atoms. The third-order valence-electron chi connectivity index (χ3n) is 7.67. The number of hydrogen-bond donors (Lipinski definition) is 1. The largest absolute Gasteiger partial charge is 0.448 e. The Morgan fingerprint density at radius 2 is 1.66 bits per heavy atom. The van der Waals surface area contributed by atoms with E-state index in [2.05, 4.69) is 5.32 Å². The molecule has 3 heterocycles. The second-order valence-corrected chi connectivity index (χ2v) is 14.0. The van der Waals surface area contributed by atoms with Crippen molar-refractivity contribution < 1.29 is 28.4 Å². The Balaban J connectivity index is 1.27. The van der Waals surface area contributed by atoms with Crippen molar-refractivity contribution in [3.63, 3.8) is 0 Å². The Kier molecular flexibility index (Phi) is 10.0. The van der Waals surface area contributed by atoms with E-state index in [9.17, 15) is 24.5 Å². The highest BCUT2D eigenvalue weighted by atomic mass is 32.2. The van der Waals surface area contributed by atoms with E-state index in [1.165, 1.54) is 52.3 Å². The average Bonchev–Trinajstić information content (AvgIpc) is 3.61. The highest BCUT2D eigenvalue weighted by Crippen LogP contribution is 2.43. The fourth-order valence-electron chi connectivity index (χ4n) is 5.35. The molecule has 2 unspecified atom stereocenters. The van der Waals surface area contributed by atoms with Crippen LogP contribution in [0.4, 0.5) is 10.1 Å². The van der Waals surface area contributed by atoms with Gasteiger partial charge in [-0.15, -0.1) is 34.9 Å². The molecule has 1 aromatic heterocycles. The third kappa shape index (κ3) is 7.27. The number of nitro benzene ring substituents is 1. The number of non-ortho nitro benzene ring substituents is 1. The van der Waals surface area contributed by atoms with Crippen LogP contribution in [0.2, 0.25) is 0 Å². The second-order valence-electron chi connectivity index (χ2n) is 10.7. The van der Waals surface area contributed by atoms with E-state index in [0.29, 0.717) is 16.0 Å². The minimum absolute atomic E-state index is 0.0756. The van der Waals surface area contributed by atoms with Crippen LogP contribution in [0.3, 0.4) is 0 Å². The smallest absolute Gasteiger partial charge is 0.356 e. The number of carbonyl (C=O) groups is 3. The van der Waals surface area contributed by atoms with Gasteiger partial charge in [0.05, 0.1) is 11.3 Å². The van der Waals surface area contributed by atoms with Gasteiger partial charge in [-0.2, -0.15) is 0 Å². The number of amides is 2. The number of alkyl halides is 1. The molecule has 9 nitrogen and oxygen atoms in total. The van der Waals surface area contributed by atoms with E-state index in [1.807, 2.05) is 78.2 Å². The van der Waals surface area contributed by atoms with Crippen LogP contribution in [0.1, 0.15) is 22.1 Å². The molecule has 2 aliphatic heterocycles. The summed E-state index contributed by atoms with van der Waals surface area (Å²) >= 11 is 3.86. The Labute approximate surface area is 282 Å². The molecule has 2 aliphatic rings. The molecule has 0 spiro atoms. The number of nitrogens with zero attached hydrogens (tertiary/aromatic N) is 2. The summed E-state index contributed by atoms with van der Waals surface area (Å²) in [5, 5.41) is 15.1. The first-order valence-corrected chi connectivity index (χ1v) is 17.5. The van der Waals surface area contributed by atoms with Crippen molar-refractivity contribution in [1.82, 2.24) is 10.2 Å². The maximum atomic E-state index is 16.1. The van der Waals surface area contributed by atoms with E-state index in [1.54, 1.807) is 0 Å². The number of hydrogen-bond acceptors (Lipinski definition) is 9. The van der Waals surface area contributed by atoms with Crippen LogP contribution >= 0.6 is 34.9 Å². The summed E-state index contributed by atoms with van der Waals surface area (Å²) < 4.78 is 22.2. The number of fused-ring (bicyclic) bond motifs is 1. The quantitative estimate of drug-likeness (QED) is 0.0604. The summed E-state index contributed by atoms with van der Waals surface area (Å²) in [6.07, 6.45) is -2.34. The topological polar surface area (TPSA) is 119 Å². The zero-order valence-electron chi connectivity index (χ0n) is 24.7. The van der Waals surface area contributed by atoms with Gasteiger partial charge in [-0.1, -0.05) is 66.7 Å². The molecular formula is C34H28FN3O6S3. The standard InChI is InChI=1S/C34H28FN3O6S3/c35-27(20-46-24-15-13-23(14-16-24)38(42)43)26-19-47-33-29(36-28(39)18-25-12-7-17-45-25)32(40)37(33)30(26)34(41)44-31(21-8-3-1-4-9-21)22-10-5-2-6-11-22/h1-17,27,29,31,33H,18-20H2,(H,36,39)/t27?,29?,33-/m1/s1. The van der Waals surface area contributed by atoms with E-state index in [-0.39, 0.29) is 40.8 Å². The molecule has 1 N–H and O–H groups in total. The lowest BCUT2D eigenvalue weighted by Crippen LogP contribution is -2.71. The van der Waals surface area contributed by atoms with Crippen molar-refractivity contribution in [3.05, 3.63) is 140 Å². The van der Waals surface area contributed by atoms with Gasteiger partial charge >= 0.3 is 5.97 Å². The number of carbonyl (C=O) groups excluding carboxylic acids is 3. The summed E-state index contributed by atoms with van der Waals surface area (Å²) in [6, 6.07) is 26.9. The SMILES string of the molecule is O=C(Cc1cccs1)NC1C(=O)N2C(C(=O)OC(c3ccccc3)c3ccccc3)=C(C(F)CSc3ccc([N+](=O)[O-])cc3)CS[C@H]12. The fraction of sp³-hybridized carbons (Fsp3) is 0.206. The monoisotopic (exact) mass is 689 g/mol. The molecular weight excluding hydrogens is 662 g/mol. The fourth-order valence-corrected chi connectivity index (χ4v) is 8.32. The number of ether oxygens (including phenoxy) is 1. The van der Waals surface area contributed by atoms with Gasteiger partial charge in [-0.05, 0) is 34.7 Å². The van der Waals surface area contributed by atoms with Crippen molar-refractivity contribution in [2.24, 2.45) is 0 Å². The van der Waals surface area contributed by atoms with Crippen LogP contribution in [-0.4, -0.2) is 56.7 Å². The van der Waals surface area contributed by atoms with Crippen LogP contribution in [0.25, 0.3) is 0 Å². The summed E-state index contributed by atoms with van der Waals surface area (Å²) in [6.45, 7) is 0. The van der Waals surface area contributed by atoms with Gasteiger partial charge in [0, 0.05) is 39.0 Å². The molecule has 3 aromatic carbocycles.